The molecule has 0 N–H and O–H groups in total. The predicted octanol–water partition coefficient (Wildman–Crippen LogP) is 5.61. The maximum Gasteiger partial charge on any atom is 0.410 e. The minimum atomic E-state index is -0.525. The van der Waals surface area contributed by atoms with Gasteiger partial charge in [-0.1, -0.05) is 35.3 Å². The summed E-state index contributed by atoms with van der Waals surface area (Å²) in [5.74, 6) is 0. The predicted molar refractivity (Wildman–Crippen MR) is 96.7 cm³/mol. The van der Waals surface area contributed by atoms with Gasteiger partial charge in [0.15, 0.2) is 0 Å². The third-order valence-electron chi connectivity index (χ3n) is 4.02. The second kappa shape index (κ2) is 6.41. The summed E-state index contributed by atoms with van der Waals surface area (Å²) in [4.78, 5) is 18.7. The molecule has 1 saturated heterocycles. The van der Waals surface area contributed by atoms with Crippen LogP contribution in [0, 0.1) is 0 Å². The zero-order valence-electron chi connectivity index (χ0n) is 14.0. The molecule has 2 aromatic rings. The largest absolute Gasteiger partial charge is 0.444 e. The second-order valence-electron chi connectivity index (χ2n) is 7.01. The molecule has 3 rings (SSSR count). The van der Waals surface area contributed by atoms with Gasteiger partial charge in [-0.05, 0) is 45.7 Å². The van der Waals surface area contributed by atoms with Crippen molar-refractivity contribution in [1.29, 1.82) is 0 Å². The lowest BCUT2D eigenvalue weighted by atomic mass is 10.0. The van der Waals surface area contributed by atoms with E-state index in [-0.39, 0.29) is 12.1 Å². The molecule has 1 aliphatic rings. The first-order chi connectivity index (χ1) is 11.3. The van der Waals surface area contributed by atoms with E-state index in [4.69, 9.17) is 27.9 Å². The molecule has 24 heavy (non-hydrogen) atoms. The number of carbonyl (C=O) groups excluding carboxylic acids is 1. The van der Waals surface area contributed by atoms with Crippen LogP contribution in [-0.4, -0.2) is 28.1 Å². The maximum atomic E-state index is 12.5. The molecule has 2 heterocycles. The molecule has 0 aliphatic carbocycles. The summed E-state index contributed by atoms with van der Waals surface area (Å²) in [6.07, 6.45) is 1.44. The van der Waals surface area contributed by atoms with Gasteiger partial charge in [0.1, 0.15) is 10.8 Å². The fourth-order valence-electron chi connectivity index (χ4n) is 3.02. The number of aromatic nitrogens is 1. The smallest absolute Gasteiger partial charge is 0.410 e. The molecule has 1 amide bonds. The summed E-state index contributed by atoms with van der Waals surface area (Å²) >= 11 is 12.6. The van der Waals surface area contributed by atoms with Gasteiger partial charge in [-0.25, -0.2) is 9.78 Å². The Hall–Kier alpha value is -1.52. The number of amides is 1. The lowest BCUT2D eigenvalue weighted by Crippen LogP contribution is -2.36. The highest BCUT2D eigenvalue weighted by Gasteiger charge is 2.34. The first-order valence-electron chi connectivity index (χ1n) is 8.00. The van der Waals surface area contributed by atoms with E-state index in [2.05, 4.69) is 4.98 Å². The SMILES string of the molecule is CC(C)(C)OC(=O)N1CCCC1c1cc2cccc(Cl)c2nc1Cl. The first kappa shape index (κ1) is 17.3. The lowest BCUT2D eigenvalue weighted by Gasteiger charge is -2.29. The van der Waals surface area contributed by atoms with Crippen LogP contribution in [0.15, 0.2) is 24.3 Å². The van der Waals surface area contributed by atoms with Crippen molar-refractivity contribution in [3.05, 3.63) is 40.0 Å². The van der Waals surface area contributed by atoms with E-state index in [0.717, 1.165) is 23.8 Å². The minimum absolute atomic E-state index is 0.122. The molecule has 6 heteroatoms. The number of pyridine rings is 1. The Morgan fingerprint density at radius 2 is 2.08 bits per heavy atom. The maximum absolute atomic E-state index is 12.5. The van der Waals surface area contributed by atoms with Gasteiger partial charge in [-0.3, -0.25) is 0 Å². The highest BCUT2D eigenvalue weighted by atomic mass is 35.5. The number of likely N-dealkylation sites (tertiary alicyclic amines) is 1. The van der Waals surface area contributed by atoms with Crippen LogP contribution in [0.3, 0.4) is 0 Å². The molecular formula is C18H20Cl2N2O2. The van der Waals surface area contributed by atoms with Gasteiger partial charge in [0.05, 0.1) is 16.6 Å². The number of hydrogen-bond donors (Lipinski definition) is 0. The summed E-state index contributed by atoms with van der Waals surface area (Å²) in [5, 5.41) is 1.87. The van der Waals surface area contributed by atoms with Crippen molar-refractivity contribution in [2.45, 2.75) is 45.3 Å². The Kier molecular flexibility index (Phi) is 4.63. The van der Waals surface area contributed by atoms with Gasteiger partial charge < -0.3 is 9.64 Å². The monoisotopic (exact) mass is 366 g/mol. The van der Waals surface area contributed by atoms with Crippen LogP contribution in [0.4, 0.5) is 4.79 Å². The molecule has 4 nitrogen and oxygen atoms in total. The zero-order valence-corrected chi connectivity index (χ0v) is 15.5. The number of halogens is 2. The summed E-state index contributed by atoms with van der Waals surface area (Å²) in [5.41, 5.74) is 0.993. The molecular weight excluding hydrogens is 347 g/mol. The molecule has 128 valence electrons. The minimum Gasteiger partial charge on any atom is -0.444 e. The summed E-state index contributed by atoms with van der Waals surface area (Å²) in [6.45, 7) is 6.25. The van der Waals surface area contributed by atoms with Crippen molar-refractivity contribution in [2.75, 3.05) is 6.54 Å². The van der Waals surface area contributed by atoms with Crippen molar-refractivity contribution in [1.82, 2.24) is 9.88 Å². The topological polar surface area (TPSA) is 42.4 Å². The first-order valence-corrected chi connectivity index (χ1v) is 8.76. The number of benzene rings is 1. The van der Waals surface area contributed by atoms with E-state index in [0.29, 0.717) is 22.2 Å². The fraction of sp³-hybridized carbons (Fsp3) is 0.444. The van der Waals surface area contributed by atoms with Crippen LogP contribution in [0.1, 0.15) is 45.2 Å². The Morgan fingerprint density at radius 1 is 1.33 bits per heavy atom. The van der Waals surface area contributed by atoms with Crippen LogP contribution in [0.2, 0.25) is 10.2 Å². The lowest BCUT2D eigenvalue weighted by molar-refractivity contribution is 0.0224. The number of fused-ring (bicyclic) bond motifs is 1. The van der Waals surface area contributed by atoms with E-state index < -0.39 is 5.60 Å². The van der Waals surface area contributed by atoms with Crippen molar-refractivity contribution in [3.63, 3.8) is 0 Å². The Bertz CT molecular complexity index is 786. The summed E-state index contributed by atoms with van der Waals surface area (Å²) in [7, 11) is 0. The van der Waals surface area contributed by atoms with Gasteiger partial charge >= 0.3 is 6.09 Å². The second-order valence-corrected chi connectivity index (χ2v) is 7.78. The molecule has 0 spiro atoms. The van der Waals surface area contributed by atoms with Gasteiger partial charge in [-0.2, -0.15) is 0 Å². The van der Waals surface area contributed by atoms with E-state index in [1.807, 2.05) is 39.0 Å². The van der Waals surface area contributed by atoms with Crippen LogP contribution in [0.25, 0.3) is 10.9 Å². The summed E-state index contributed by atoms with van der Waals surface area (Å²) in [6, 6.07) is 7.47. The highest BCUT2D eigenvalue weighted by molar-refractivity contribution is 6.36. The molecule has 0 saturated carbocycles. The standard InChI is InChI=1S/C18H20Cl2N2O2/c1-18(2,3)24-17(23)22-9-5-8-14(22)12-10-11-6-4-7-13(19)15(11)21-16(12)20/h4,6-7,10,14H,5,8-9H2,1-3H3. The Labute approximate surface area is 151 Å². The van der Waals surface area contributed by atoms with E-state index >= 15 is 0 Å². The number of carbonyl (C=O) groups is 1. The van der Waals surface area contributed by atoms with Crippen molar-refractivity contribution in [2.24, 2.45) is 0 Å². The third kappa shape index (κ3) is 3.45. The van der Waals surface area contributed by atoms with Crippen LogP contribution < -0.4 is 0 Å². The normalized spacial score (nSPS) is 18.2. The van der Waals surface area contributed by atoms with Crippen LogP contribution in [0.5, 0.6) is 0 Å². The van der Waals surface area contributed by atoms with Crippen LogP contribution in [-0.2, 0) is 4.74 Å². The zero-order chi connectivity index (χ0) is 17.5. The molecule has 0 radical (unpaired) electrons. The fourth-order valence-corrected chi connectivity index (χ4v) is 3.51. The highest BCUT2D eigenvalue weighted by Crippen LogP contribution is 2.38. The Balaban J connectivity index is 1.97. The number of ether oxygens (including phenoxy) is 1. The van der Waals surface area contributed by atoms with Crippen molar-refractivity contribution >= 4 is 40.2 Å². The molecule has 1 aliphatic heterocycles. The third-order valence-corrected chi connectivity index (χ3v) is 4.62. The van der Waals surface area contributed by atoms with Gasteiger partial charge in [0, 0.05) is 17.5 Å². The number of rotatable bonds is 1. The van der Waals surface area contributed by atoms with Crippen LogP contribution >= 0.6 is 23.2 Å². The van der Waals surface area contributed by atoms with Gasteiger partial charge in [-0.15, -0.1) is 0 Å². The summed E-state index contributed by atoms with van der Waals surface area (Å²) < 4.78 is 5.52. The number of hydrogen-bond acceptors (Lipinski definition) is 3. The molecule has 1 aromatic heterocycles. The quantitative estimate of drug-likeness (QED) is 0.615. The number of nitrogens with zero attached hydrogens (tertiary/aromatic N) is 2. The number of para-hydroxylation sites is 1. The Morgan fingerprint density at radius 3 is 2.79 bits per heavy atom. The average molecular weight is 367 g/mol. The van der Waals surface area contributed by atoms with Crippen molar-refractivity contribution in [3.8, 4) is 0 Å². The van der Waals surface area contributed by atoms with E-state index in [1.54, 1.807) is 11.0 Å². The van der Waals surface area contributed by atoms with E-state index in [9.17, 15) is 4.79 Å². The van der Waals surface area contributed by atoms with Crippen molar-refractivity contribution < 1.29 is 9.53 Å². The molecule has 1 atom stereocenters. The van der Waals surface area contributed by atoms with Gasteiger partial charge in [0.25, 0.3) is 0 Å². The van der Waals surface area contributed by atoms with Gasteiger partial charge in [0.2, 0.25) is 0 Å². The molecule has 1 fully saturated rings. The molecule has 1 unspecified atom stereocenters. The average Bonchev–Trinajstić information content (AvgIpc) is 2.95. The molecule has 1 aromatic carbocycles. The molecule has 0 bridgehead atoms. The van der Waals surface area contributed by atoms with E-state index in [1.165, 1.54) is 0 Å².